The number of ether oxygens (including phenoxy) is 1. The molecule has 3 rings (SSSR count). The quantitative estimate of drug-likeness (QED) is 0.804. The predicted molar refractivity (Wildman–Crippen MR) is 94.5 cm³/mol. The van der Waals surface area contributed by atoms with E-state index in [1.165, 1.54) is 34.6 Å². The summed E-state index contributed by atoms with van der Waals surface area (Å²) in [6.07, 6.45) is -0.656. The van der Waals surface area contributed by atoms with E-state index in [0.717, 1.165) is 0 Å². The van der Waals surface area contributed by atoms with Crippen LogP contribution in [0.4, 0.5) is 4.39 Å². The molecule has 0 saturated carbocycles. The van der Waals surface area contributed by atoms with E-state index < -0.39 is 27.5 Å². The minimum absolute atomic E-state index is 0.0406. The van der Waals surface area contributed by atoms with Gasteiger partial charge < -0.3 is 4.74 Å². The van der Waals surface area contributed by atoms with Gasteiger partial charge in [0.2, 0.25) is 10.0 Å². The number of benzene rings is 2. The van der Waals surface area contributed by atoms with Gasteiger partial charge in [0.05, 0.1) is 23.1 Å². The lowest BCUT2D eigenvalue weighted by atomic mass is 10.0. The minimum Gasteiger partial charge on any atom is -0.370 e. The average Bonchev–Trinajstić information content (AvgIpc) is 2.55. The van der Waals surface area contributed by atoms with Gasteiger partial charge in [-0.2, -0.15) is 4.31 Å². The molecule has 0 amide bonds. The maximum atomic E-state index is 14.1. The van der Waals surface area contributed by atoms with Gasteiger partial charge in [-0.3, -0.25) is 0 Å². The Morgan fingerprint density at radius 2 is 1.80 bits per heavy atom. The summed E-state index contributed by atoms with van der Waals surface area (Å²) in [5, 5.41) is 0.462. The van der Waals surface area contributed by atoms with Gasteiger partial charge in [0.15, 0.2) is 0 Å². The van der Waals surface area contributed by atoms with Crippen molar-refractivity contribution < 1.29 is 17.5 Å². The van der Waals surface area contributed by atoms with Crippen molar-refractivity contribution >= 4 is 21.6 Å². The monoisotopic (exact) mass is 383 g/mol. The standard InChI is InChI=1S/C18H19ClFNO3S/c1-18(2)12-24-17(15-5-3-4-6-16(15)20)11-21(18)25(22,23)14-9-7-13(19)8-10-14/h3-10,17H,11-12H2,1-2H3. The lowest BCUT2D eigenvalue weighted by Gasteiger charge is -2.44. The largest absolute Gasteiger partial charge is 0.370 e. The summed E-state index contributed by atoms with van der Waals surface area (Å²) in [4.78, 5) is 0.152. The van der Waals surface area contributed by atoms with E-state index in [-0.39, 0.29) is 18.0 Å². The Morgan fingerprint density at radius 1 is 1.16 bits per heavy atom. The van der Waals surface area contributed by atoms with E-state index in [4.69, 9.17) is 16.3 Å². The highest BCUT2D eigenvalue weighted by atomic mass is 35.5. The first-order valence-electron chi connectivity index (χ1n) is 7.86. The average molecular weight is 384 g/mol. The second kappa shape index (κ2) is 6.68. The van der Waals surface area contributed by atoms with Crippen LogP contribution in [0.3, 0.4) is 0 Å². The van der Waals surface area contributed by atoms with Crippen LogP contribution in [0.1, 0.15) is 25.5 Å². The normalized spacial score (nSPS) is 21.2. The van der Waals surface area contributed by atoms with Crippen molar-refractivity contribution in [2.24, 2.45) is 0 Å². The van der Waals surface area contributed by atoms with Gasteiger partial charge in [0.25, 0.3) is 0 Å². The summed E-state index contributed by atoms with van der Waals surface area (Å²) < 4.78 is 47.5. The third kappa shape index (κ3) is 3.58. The van der Waals surface area contributed by atoms with Gasteiger partial charge in [-0.05, 0) is 44.2 Å². The molecule has 7 heteroatoms. The molecule has 1 atom stereocenters. The summed E-state index contributed by atoms with van der Waals surface area (Å²) >= 11 is 5.85. The fourth-order valence-electron chi connectivity index (χ4n) is 2.91. The van der Waals surface area contributed by atoms with Crippen LogP contribution in [0, 0.1) is 5.82 Å². The zero-order valence-corrected chi connectivity index (χ0v) is 15.5. The predicted octanol–water partition coefficient (Wildman–Crippen LogP) is 4.02. The van der Waals surface area contributed by atoms with Crippen LogP contribution >= 0.6 is 11.6 Å². The van der Waals surface area contributed by atoms with Crippen molar-refractivity contribution in [3.63, 3.8) is 0 Å². The molecule has 1 fully saturated rings. The van der Waals surface area contributed by atoms with Crippen LogP contribution in [0.2, 0.25) is 5.02 Å². The fraction of sp³-hybridized carbons (Fsp3) is 0.333. The van der Waals surface area contributed by atoms with Crippen LogP contribution in [0.5, 0.6) is 0 Å². The SMILES string of the molecule is CC1(C)COC(c2ccccc2F)CN1S(=O)(=O)c1ccc(Cl)cc1. The second-order valence-corrected chi connectivity index (χ2v) is 8.92. The number of hydrogen-bond acceptors (Lipinski definition) is 3. The zero-order valence-electron chi connectivity index (χ0n) is 13.9. The first kappa shape index (κ1) is 18.3. The molecule has 2 aromatic carbocycles. The number of halogens is 2. The minimum atomic E-state index is -3.77. The number of morpholine rings is 1. The Bertz CT molecular complexity index is 868. The molecule has 0 radical (unpaired) electrons. The molecular formula is C18H19ClFNO3S. The third-order valence-electron chi connectivity index (χ3n) is 4.30. The van der Waals surface area contributed by atoms with Crippen LogP contribution in [0.15, 0.2) is 53.4 Å². The van der Waals surface area contributed by atoms with Gasteiger partial charge >= 0.3 is 0 Å². The molecule has 2 aromatic rings. The molecular weight excluding hydrogens is 365 g/mol. The molecule has 4 nitrogen and oxygen atoms in total. The number of hydrogen-bond donors (Lipinski definition) is 0. The molecule has 1 unspecified atom stereocenters. The third-order valence-corrected chi connectivity index (χ3v) is 6.64. The molecule has 1 aliphatic heterocycles. The van der Waals surface area contributed by atoms with Crippen LogP contribution < -0.4 is 0 Å². The highest BCUT2D eigenvalue weighted by Crippen LogP contribution is 2.35. The van der Waals surface area contributed by atoms with E-state index in [1.54, 1.807) is 32.0 Å². The maximum absolute atomic E-state index is 14.1. The lowest BCUT2D eigenvalue weighted by molar-refractivity contribution is -0.0667. The highest BCUT2D eigenvalue weighted by molar-refractivity contribution is 7.89. The maximum Gasteiger partial charge on any atom is 0.243 e. The first-order valence-corrected chi connectivity index (χ1v) is 9.68. The topological polar surface area (TPSA) is 46.6 Å². The molecule has 1 heterocycles. The molecule has 0 spiro atoms. The smallest absolute Gasteiger partial charge is 0.243 e. The molecule has 134 valence electrons. The van der Waals surface area contributed by atoms with Gasteiger partial charge in [-0.25, -0.2) is 12.8 Å². The van der Waals surface area contributed by atoms with Gasteiger partial charge in [-0.1, -0.05) is 29.8 Å². The van der Waals surface area contributed by atoms with Crippen molar-refractivity contribution in [1.29, 1.82) is 0 Å². The van der Waals surface area contributed by atoms with Crippen molar-refractivity contribution in [1.82, 2.24) is 4.31 Å². The van der Waals surface area contributed by atoms with Crippen LogP contribution in [-0.2, 0) is 14.8 Å². The summed E-state index contributed by atoms with van der Waals surface area (Å²) in [6.45, 7) is 3.79. The van der Waals surface area contributed by atoms with Crippen LogP contribution in [-0.4, -0.2) is 31.4 Å². The van der Waals surface area contributed by atoms with E-state index >= 15 is 0 Å². The Labute approximate surface area is 152 Å². The van der Waals surface area contributed by atoms with Crippen molar-refractivity contribution in [2.45, 2.75) is 30.4 Å². The molecule has 0 bridgehead atoms. The van der Waals surface area contributed by atoms with E-state index in [9.17, 15) is 12.8 Å². The van der Waals surface area contributed by atoms with E-state index in [2.05, 4.69) is 0 Å². The van der Waals surface area contributed by atoms with Crippen LogP contribution in [0.25, 0.3) is 0 Å². The summed E-state index contributed by atoms with van der Waals surface area (Å²) in [5.74, 6) is -0.406. The Balaban J connectivity index is 1.97. The fourth-order valence-corrected chi connectivity index (χ4v) is 4.80. The lowest BCUT2D eigenvalue weighted by Crippen LogP contribution is -2.56. The van der Waals surface area contributed by atoms with Gasteiger partial charge in [0.1, 0.15) is 5.82 Å². The second-order valence-electron chi connectivity index (χ2n) is 6.62. The Kier molecular flexibility index (Phi) is 4.90. The molecule has 0 N–H and O–H groups in total. The van der Waals surface area contributed by atoms with Gasteiger partial charge in [0, 0.05) is 17.1 Å². The number of sulfonamides is 1. The summed E-state index contributed by atoms with van der Waals surface area (Å²) in [5.41, 5.74) is -0.394. The molecule has 0 aromatic heterocycles. The molecule has 1 aliphatic rings. The van der Waals surface area contributed by atoms with Crippen molar-refractivity contribution in [2.75, 3.05) is 13.2 Å². The molecule has 1 saturated heterocycles. The van der Waals surface area contributed by atoms with Crippen molar-refractivity contribution in [3.05, 3.63) is 64.9 Å². The molecule has 0 aliphatic carbocycles. The highest BCUT2D eigenvalue weighted by Gasteiger charge is 2.43. The molecule has 25 heavy (non-hydrogen) atoms. The Hall–Kier alpha value is -1.47. The Morgan fingerprint density at radius 3 is 2.44 bits per heavy atom. The first-order chi connectivity index (χ1) is 11.7. The zero-order chi connectivity index (χ0) is 18.2. The van der Waals surface area contributed by atoms with E-state index in [0.29, 0.717) is 10.6 Å². The summed E-state index contributed by atoms with van der Waals surface area (Å²) in [7, 11) is -3.77. The van der Waals surface area contributed by atoms with E-state index in [1.807, 2.05) is 0 Å². The summed E-state index contributed by atoms with van der Waals surface area (Å²) in [6, 6.07) is 12.3. The van der Waals surface area contributed by atoms with Gasteiger partial charge in [-0.15, -0.1) is 0 Å². The number of rotatable bonds is 3. The van der Waals surface area contributed by atoms with Crippen molar-refractivity contribution in [3.8, 4) is 0 Å². The number of nitrogens with zero attached hydrogens (tertiary/aromatic N) is 1.